The van der Waals surface area contributed by atoms with E-state index in [1.54, 1.807) is 6.07 Å². The van der Waals surface area contributed by atoms with Crippen LogP contribution in [0.5, 0.6) is 11.5 Å². The SMILES string of the molecule is NCCCCc1ccc(F)c2c1OCO2. The van der Waals surface area contributed by atoms with Crippen molar-refractivity contribution in [1.29, 1.82) is 0 Å². The van der Waals surface area contributed by atoms with Gasteiger partial charge in [-0.25, -0.2) is 4.39 Å². The molecule has 0 saturated heterocycles. The van der Waals surface area contributed by atoms with Gasteiger partial charge in [0.1, 0.15) is 0 Å². The molecule has 1 aromatic rings. The maximum atomic E-state index is 13.2. The molecule has 1 aliphatic rings. The summed E-state index contributed by atoms with van der Waals surface area (Å²) in [6.45, 7) is 0.793. The van der Waals surface area contributed by atoms with Crippen LogP contribution >= 0.6 is 0 Å². The number of rotatable bonds is 4. The second-order valence-corrected chi connectivity index (χ2v) is 3.52. The Morgan fingerprint density at radius 1 is 1.20 bits per heavy atom. The minimum atomic E-state index is -0.356. The van der Waals surface area contributed by atoms with Crippen molar-refractivity contribution in [3.05, 3.63) is 23.5 Å². The van der Waals surface area contributed by atoms with Gasteiger partial charge in [-0.15, -0.1) is 0 Å². The van der Waals surface area contributed by atoms with E-state index in [1.807, 2.05) is 0 Å². The van der Waals surface area contributed by atoms with Gasteiger partial charge in [0.2, 0.25) is 12.5 Å². The molecule has 0 unspecified atom stereocenters. The minimum Gasteiger partial charge on any atom is -0.453 e. The predicted octanol–water partition coefficient (Wildman–Crippen LogP) is 1.84. The summed E-state index contributed by atoms with van der Waals surface area (Å²) in [6.07, 6.45) is 2.80. The van der Waals surface area contributed by atoms with E-state index in [0.717, 1.165) is 24.8 Å². The summed E-state index contributed by atoms with van der Waals surface area (Å²) >= 11 is 0. The molecule has 4 heteroatoms. The van der Waals surface area contributed by atoms with Crippen molar-refractivity contribution >= 4 is 0 Å². The fraction of sp³-hybridized carbons (Fsp3) is 0.455. The van der Waals surface area contributed by atoms with Crippen LogP contribution in [0.25, 0.3) is 0 Å². The molecule has 0 bridgehead atoms. The number of fused-ring (bicyclic) bond motifs is 1. The van der Waals surface area contributed by atoms with Crippen molar-refractivity contribution in [3.63, 3.8) is 0 Å². The zero-order valence-electron chi connectivity index (χ0n) is 8.46. The van der Waals surface area contributed by atoms with Gasteiger partial charge in [0.15, 0.2) is 11.6 Å². The van der Waals surface area contributed by atoms with E-state index in [4.69, 9.17) is 15.2 Å². The second-order valence-electron chi connectivity index (χ2n) is 3.52. The van der Waals surface area contributed by atoms with Crippen molar-refractivity contribution in [3.8, 4) is 11.5 Å². The third-order valence-corrected chi connectivity index (χ3v) is 2.45. The van der Waals surface area contributed by atoms with E-state index in [0.29, 0.717) is 12.3 Å². The van der Waals surface area contributed by atoms with Crippen LogP contribution in [0, 0.1) is 5.82 Å². The lowest BCUT2D eigenvalue weighted by Gasteiger charge is -2.05. The summed E-state index contributed by atoms with van der Waals surface area (Å²) < 4.78 is 23.5. The van der Waals surface area contributed by atoms with Crippen LogP contribution < -0.4 is 15.2 Å². The molecule has 0 amide bonds. The largest absolute Gasteiger partial charge is 0.453 e. The first kappa shape index (κ1) is 10.2. The molecule has 2 N–H and O–H groups in total. The third-order valence-electron chi connectivity index (χ3n) is 2.45. The molecular weight excluding hydrogens is 197 g/mol. The van der Waals surface area contributed by atoms with Gasteiger partial charge in [0.05, 0.1) is 0 Å². The number of benzene rings is 1. The van der Waals surface area contributed by atoms with Crippen LogP contribution in [0.4, 0.5) is 4.39 Å². The van der Waals surface area contributed by atoms with E-state index < -0.39 is 0 Å². The van der Waals surface area contributed by atoms with Crippen molar-refractivity contribution in [2.24, 2.45) is 5.73 Å². The predicted molar refractivity (Wildman–Crippen MR) is 54.5 cm³/mol. The summed E-state index contributed by atoms with van der Waals surface area (Å²) in [6, 6.07) is 3.17. The summed E-state index contributed by atoms with van der Waals surface area (Å²) in [4.78, 5) is 0. The fourth-order valence-electron chi connectivity index (χ4n) is 1.68. The molecule has 1 heterocycles. The highest BCUT2D eigenvalue weighted by Crippen LogP contribution is 2.38. The summed E-state index contributed by atoms with van der Waals surface area (Å²) in [5.41, 5.74) is 6.41. The number of hydrogen-bond acceptors (Lipinski definition) is 3. The molecule has 1 aromatic carbocycles. The first-order chi connectivity index (χ1) is 7.33. The average molecular weight is 211 g/mol. The minimum absolute atomic E-state index is 0.111. The maximum absolute atomic E-state index is 13.2. The summed E-state index contributed by atoms with van der Waals surface area (Å²) in [7, 11) is 0. The maximum Gasteiger partial charge on any atom is 0.231 e. The monoisotopic (exact) mass is 211 g/mol. The lowest BCUT2D eigenvalue weighted by molar-refractivity contribution is 0.170. The van der Waals surface area contributed by atoms with Crippen molar-refractivity contribution < 1.29 is 13.9 Å². The number of unbranched alkanes of at least 4 members (excludes halogenated alkanes) is 1. The number of nitrogens with two attached hydrogens (primary N) is 1. The Hall–Kier alpha value is -1.29. The van der Waals surface area contributed by atoms with Gasteiger partial charge >= 0.3 is 0 Å². The summed E-state index contributed by atoms with van der Waals surface area (Å²) in [5.74, 6) is 0.456. The lowest BCUT2D eigenvalue weighted by Crippen LogP contribution is -1.99. The summed E-state index contributed by atoms with van der Waals surface area (Å²) in [5, 5.41) is 0. The first-order valence-electron chi connectivity index (χ1n) is 5.10. The van der Waals surface area contributed by atoms with Crippen LogP contribution in [-0.2, 0) is 6.42 Å². The normalized spacial score (nSPS) is 13.2. The molecule has 0 saturated carbocycles. The van der Waals surface area contributed by atoms with Crippen molar-refractivity contribution in [2.45, 2.75) is 19.3 Å². The Morgan fingerprint density at radius 2 is 2.00 bits per heavy atom. The molecule has 0 radical (unpaired) electrons. The Balaban J connectivity index is 2.15. The zero-order valence-corrected chi connectivity index (χ0v) is 8.46. The molecule has 0 aliphatic carbocycles. The van der Waals surface area contributed by atoms with E-state index in [2.05, 4.69) is 0 Å². The number of hydrogen-bond donors (Lipinski definition) is 1. The third kappa shape index (κ3) is 2.04. The number of ether oxygens (including phenoxy) is 2. The standard InChI is InChI=1S/C11H14FNO2/c12-9-5-4-8(3-1-2-6-13)10-11(9)15-7-14-10/h4-5H,1-3,6-7,13H2. The molecule has 0 fully saturated rings. The highest BCUT2D eigenvalue weighted by Gasteiger charge is 2.21. The number of halogens is 1. The molecule has 1 aliphatic heterocycles. The second kappa shape index (κ2) is 4.49. The molecule has 15 heavy (non-hydrogen) atoms. The van der Waals surface area contributed by atoms with Crippen molar-refractivity contribution in [1.82, 2.24) is 0 Å². The van der Waals surface area contributed by atoms with Crippen LogP contribution in [-0.4, -0.2) is 13.3 Å². The first-order valence-corrected chi connectivity index (χ1v) is 5.10. The molecule has 82 valence electrons. The van der Waals surface area contributed by atoms with Gasteiger partial charge in [0, 0.05) is 0 Å². The van der Waals surface area contributed by atoms with Crippen LogP contribution in [0.3, 0.4) is 0 Å². The van der Waals surface area contributed by atoms with Crippen LogP contribution in [0.1, 0.15) is 18.4 Å². The molecule has 3 nitrogen and oxygen atoms in total. The van der Waals surface area contributed by atoms with E-state index >= 15 is 0 Å². The lowest BCUT2D eigenvalue weighted by atomic mass is 10.1. The topological polar surface area (TPSA) is 44.5 Å². The van der Waals surface area contributed by atoms with Gasteiger partial charge < -0.3 is 15.2 Å². The van der Waals surface area contributed by atoms with Crippen molar-refractivity contribution in [2.75, 3.05) is 13.3 Å². The molecular formula is C11H14FNO2. The molecule has 2 rings (SSSR count). The van der Waals surface area contributed by atoms with Gasteiger partial charge in [-0.2, -0.15) is 0 Å². The van der Waals surface area contributed by atoms with Crippen LogP contribution in [0.15, 0.2) is 12.1 Å². The van der Waals surface area contributed by atoms with Gasteiger partial charge in [-0.1, -0.05) is 6.07 Å². The van der Waals surface area contributed by atoms with E-state index in [-0.39, 0.29) is 18.4 Å². The Bertz CT molecular complexity index is 355. The highest BCUT2D eigenvalue weighted by molar-refractivity contribution is 5.49. The van der Waals surface area contributed by atoms with Gasteiger partial charge in [-0.3, -0.25) is 0 Å². The fourth-order valence-corrected chi connectivity index (χ4v) is 1.68. The van der Waals surface area contributed by atoms with Gasteiger partial charge in [0.25, 0.3) is 0 Å². The highest BCUT2D eigenvalue weighted by atomic mass is 19.1. The zero-order chi connectivity index (χ0) is 10.7. The van der Waals surface area contributed by atoms with E-state index in [9.17, 15) is 4.39 Å². The molecule has 0 spiro atoms. The Morgan fingerprint density at radius 3 is 2.80 bits per heavy atom. The number of aryl methyl sites for hydroxylation is 1. The molecule has 0 atom stereocenters. The molecule has 0 aromatic heterocycles. The quantitative estimate of drug-likeness (QED) is 0.773. The average Bonchev–Trinajstić information content (AvgIpc) is 2.71. The Kier molecular flexibility index (Phi) is 3.06. The Labute approximate surface area is 88.0 Å². The smallest absolute Gasteiger partial charge is 0.231 e. The van der Waals surface area contributed by atoms with E-state index in [1.165, 1.54) is 6.07 Å². The van der Waals surface area contributed by atoms with Crippen LogP contribution in [0.2, 0.25) is 0 Å². The van der Waals surface area contributed by atoms with Gasteiger partial charge in [-0.05, 0) is 37.4 Å².